The van der Waals surface area contributed by atoms with Gasteiger partial charge in [0.25, 0.3) is 0 Å². The summed E-state index contributed by atoms with van der Waals surface area (Å²) in [6, 6.07) is 6.60. The molecule has 6 heteroatoms. The monoisotopic (exact) mass is 322 g/mol. The molecule has 0 atom stereocenters. The van der Waals surface area contributed by atoms with Gasteiger partial charge in [-0.3, -0.25) is 4.79 Å². The fraction of sp³-hybridized carbons (Fsp3) is 0.412. The summed E-state index contributed by atoms with van der Waals surface area (Å²) in [4.78, 5) is 11.7. The van der Waals surface area contributed by atoms with E-state index in [1.165, 1.54) is 4.68 Å². The molecule has 0 spiro atoms. The van der Waals surface area contributed by atoms with Crippen LogP contribution >= 0.6 is 0 Å². The van der Waals surface area contributed by atoms with Gasteiger partial charge in [-0.2, -0.15) is 18.3 Å². The molecule has 1 aliphatic rings. The molecule has 0 saturated carbocycles. The van der Waals surface area contributed by atoms with Crippen LogP contribution in [0.15, 0.2) is 24.3 Å². The van der Waals surface area contributed by atoms with Crippen molar-refractivity contribution < 1.29 is 18.0 Å². The number of fused-ring (bicyclic) bond motifs is 1. The molecule has 0 radical (unpaired) electrons. The SMILES string of the molecule is CCC(=O)c1ccc(-n2nc(C(F)(F)F)c3c2CCCC3)cc1. The van der Waals surface area contributed by atoms with E-state index < -0.39 is 11.9 Å². The topological polar surface area (TPSA) is 34.9 Å². The van der Waals surface area contributed by atoms with Gasteiger partial charge in [0.1, 0.15) is 0 Å². The first-order valence-corrected chi connectivity index (χ1v) is 7.73. The van der Waals surface area contributed by atoms with Crippen molar-refractivity contribution in [3.63, 3.8) is 0 Å². The highest BCUT2D eigenvalue weighted by Crippen LogP contribution is 2.36. The molecule has 0 unspecified atom stereocenters. The molecule has 3 nitrogen and oxygen atoms in total. The summed E-state index contributed by atoms with van der Waals surface area (Å²) in [6.45, 7) is 1.77. The summed E-state index contributed by atoms with van der Waals surface area (Å²) in [7, 11) is 0. The number of Topliss-reactive ketones (excluding diaryl/α,β-unsaturated/α-hetero) is 1. The van der Waals surface area contributed by atoms with Crippen LogP contribution in [-0.4, -0.2) is 15.6 Å². The van der Waals surface area contributed by atoms with Gasteiger partial charge in [0, 0.05) is 23.2 Å². The number of hydrogen-bond acceptors (Lipinski definition) is 2. The second-order valence-electron chi connectivity index (χ2n) is 5.71. The fourth-order valence-electron chi connectivity index (χ4n) is 3.03. The van der Waals surface area contributed by atoms with E-state index in [-0.39, 0.29) is 5.78 Å². The third-order valence-corrected chi connectivity index (χ3v) is 4.20. The summed E-state index contributed by atoms with van der Waals surface area (Å²) < 4.78 is 41.0. The van der Waals surface area contributed by atoms with E-state index in [2.05, 4.69) is 5.10 Å². The molecule has 0 N–H and O–H groups in total. The summed E-state index contributed by atoms with van der Waals surface area (Å²) in [6.07, 6.45) is -1.42. The van der Waals surface area contributed by atoms with Gasteiger partial charge in [-0.25, -0.2) is 4.68 Å². The lowest BCUT2D eigenvalue weighted by atomic mass is 9.95. The standard InChI is InChI=1S/C17H17F3N2O/c1-2-15(23)11-7-9-12(10-8-11)22-14-6-4-3-5-13(14)16(21-22)17(18,19)20/h7-10H,2-6H2,1H3. The van der Waals surface area contributed by atoms with Gasteiger partial charge >= 0.3 is 6.18 Å². The molecule has 0 amide bonds. The minimum Gasteiger partial charge on any atom is -0.294 e. The molecule has 3 rings (SSSR count). The predicted molar refractivity (Wildman–Crippen MR) is 79.8 cm³/mol. The zero-order chi connectivity index (χ0) is 16.6. The van der Waals surface area contributed by atoms with E-state index in [1.807, 2.05) is 0 Å². The number of ketones is 1. The van der Waals surface area contributed by atoms with Crippen molar-refractivity contribution in [2.24, 2.45) is 0 Å². The largest absolute Gasteiger partial charge is 0.435 e. The van der Waals surface area contributed by atoms with E-state index in [4.69, 9.17) is 0 Å². The van der Waals surface area contributed by atoms with E-state index in [1.54, 1.807) is 31.2 Å². The average molecular weight is 322 g/mol. The van der Waals surface area contributed by atoms with Crippen molar-refractivity contribution >= 4 is 5.78 Å². The van der Waals surface area contributed by atoms with Crippen LogP contribution in [0.2, 0.25) is 0 Å². The maximum absolute atomic E-state index is 13.2. The third-order valence-electron chi connectivity index (χ3n) is 4.20. The highest BCUT2D eigenvalue weighted by Gasteiger charge is 2.39. The molecule has 2 aromatic rings. The van der Waals surface area contributed by atoms with Gasteiger partial charge in [0.2, 0.25) is 0 Å². The molecule has 1 aliphatic carbocycles. The first-order valence-electron chi connectivity index (χ1n) is 7.73. The number of aromatic nitrogens is 2. The molecule has 0 aliphatic heterocycles. The third kappa shape index (κ3) is 2.90. The molecule has 1 aromatic heterocycles. The summed E-state index contributed by atoms with van der Waals surface area (Å²) in [5.41, 5.74) is 1.30. The van der Waals surface area contributed by atoms with Crippen LogP contribution in [0, 0.1) is 0 Å². The molecule has 23 heavy (non-hydrogen) atoms. The van der Waals surface area contributed by atoms with Gasteiger partial charge in [-0.15, -0.1) is 0 Å². The Bertz CT molecular complexity index is 730. The maximum atomic E-state index is 13.2. The average Bonchev–Trinajstić information content (AvgIpc) is 2.94. The maximum Gasteiger partial charge on any atom is 0.435 e. The second kappa shape index (κ2) is 5.83. The number of hydrogen-bond donors (Lipinski definition) is 0. The van der Waals surface area contributed by atoms with Gasteiger partial charge in [0.05, 0.1) is 5.69 Å². The Morgan fingerprint density at radius 2 is 1.83 bits per heavy atom. The van der Waals surface area contributed by atoms with Crippen molar-refractivity contribution in [2.45, 2.75) is 45.2 Å². The first-order chi connectivity index (χ1) is 10.9. The Hall–Kier alpha value is -2.11. The van der Waals surface area contributed by atoms with E-state index in [9.17, 15) is 18.0 Å². The molecule has 0 bridgehead atoms. The summed E-state index contributed by atoms with van der Waals surface area (Å²) in [5.74, 6) is 0.00928. The van der Waals surface area contributed by atoms with E-state index >= 15 is 0 Å². The minimum atomic E-state index is -4.44. The number of halogens is 3. The van der Waals surface area contributed by atoms with Crippen LogP contribution in [-0.2, 0) is 19.0 Å². The highest BCUT2D eigenvalue weighted by atomic mass is 19.4. The molecule has 1 heterocycles. The fourth-order valence-corrected chi connectivity index (χ4v) is 3.03. The van der Waals surface area contributed by atoms with Crippen LogP contribution in [0.5, 0.6) is 0 Å². The molecule has 0 fully saturated rings. The predicted octanol–water partition coefficient (Wildman–Crippen LogP) is 4.36. The minimum absolute atomic E-state index is 0.00928. The summed E-state index contributed by atoms with van der Waals surface area (Å²) in [5, 5.41) is 3.83. The lowest BCUT2D eigenvalue weighted by molar-refractivity contribution is -0.142. The number of benzene rings is 1. The Labute approximate surface area is 132 Å². The number of nitrogens with zero attached hydrogens (tertiary/aromatic N) is 2. The molecular formula is C17H17F3N2O. The Balaban J connectivity index is 2.06. The first kappa shape index (κ1) is 15.8. The van der Waals surface area contributed by atoms with Crippen molar-refractivity contribution in [2.75, 3.05) is 0 Å². The molecule has 0 saturated heterocycles. The van der Waals surface area contributed by atoms with Gasteiger partial charge in [-0.1, -0.05) is 6.92 Å². The zero-order valence-corrected chi connectivity index (χ0v) is 12.8. The van der Waals surface area contributed by atoms with Gasteiger partial charge in [-0.05, 0) is 49.9 Å². The second-order valence-corrected chi connectivity index (χ2v) is 5.71. The number of rotatable bonds is 3. The van der Waals surface area contributed by atoms with Crippen molar-refractivity contribution in [1.29, 1.82) is 0 Å². The number of alkyl halides is 3. The van der Waals surface area contributed by atoms with Crippen LogP contribution in [0.4, 0.5) is 13.2 Å². The van der Waals surface area contributed by atoms with Crippen LogP contribution in [0.3, 0.4) is 0 Å². The van der Waals surface area contributed by atoms with Crippen molar-refractivity contribution in [3.05, 3.63) is 46.8 Å². The van der Waals surface area contributed by atoms with Crippen LogP contribution in [0.1, 0.15) is 53.5 Å². The lowest BCUT2D eigenvalue weighted by Gasteiger charge is -2.14. The normalized spacial score (nSPS) is 14.6. The van der Waals surface area contributed by atoms with Gasteiger partial charge < -0.3 is 0 Å². The van der Waals surface area contributed by atoms with Crippen molar-refractivity contribution in [3.8, 4) is 5.69 Å². The quantitative estimate of drug-likeness (QED) is 0.787. The Morgan fingerprint density at radius 3 is 2.43 bits per heavy atom. The number of carbonyl (C=O) groups is 1. The highest BCUT2D eigenvalue weighted by molar-refractivity contribution is 5.95. The lowest BCUT2D eigenvalue weighted by Crippen LogP contribution is -2.11. The van der Waals surface area contributed by atoms with Crippen LogP contribution < -0.4 is 0 Å². The molecule has 122 valence electrons. The Kier molecular flexibility index (Phi) is 4.00. The van der Waals surface area contributed by atoms with E-state index in [0.29, 0.717) is 41.8 Å². The Morgan fingerprint density at radius 1 is 1.17 bits per heavy atom. The summed E-state index contributed by atoms with van der Waals surface area (Å²) >= 11 is 0. The number of carbonyl (C=O) groups excluding carboxylic acids is 1. The molecule has 1 aromatic carbocycles. The van der Waals surface area contributed by atoms with E-state index in [0.717, 1.165) is 12.8 Å². The molecular weight excluding hydrogens is 305 g/mol. The smallest absolute Gasteiger partial charge is 0.294 e. The van der Waals surface area contributed by atoms with Crippen LogP contribution in [0.25, 0.3) is 5.69 Å². The van der Waals surface area contributed by atoms with Crippen molar-refractivity contribution in [1.82, 2.24) is 9.78 Å². The zero-order valence-electron chi connectivity index (χ0n) is 12.8. The van der Waals surface area contributed by atoms with Gasteiger partial charge in [0.15, 0.2) is 11.5 Å².